The Morgan fingerprint density at radius 3 is 2.54 bits per heavy atom. The van der Waals surface area contributed by atoms with Crippen molar-refractivity contribution in [3.8, 4) is 5.75 Å². The zero-order chi connectivity index (χ0) is 20.1. The first-order chi connectivity index (χ1) is 13.5. The highest BCUT2D eigenvalue weighted by Crippen LogP contribution is 2.36. The van der Waals surface area contributed by atoms with Crippen LogP contribution in [0.3, 0.4) is 0 Å². The second-order valence-corrected chi connectivity index (χ2v) is 6.91. The molecule has 1 amide bonds. The van der Waals surface area contributed by atoms with Crippen LogP contribution in [0.1, 0.15) is 42.9 Å². The smallest absolute Gasteiger partial charge is 0.303 e. The second kappa shape index (κ2) is 8.89. The number of carboxylic acids is 1. The minimum atomic E-state index is -0.917. The van der Waals surface area contributed by atoms with Crippen LogP contribution < -0.4 is 4.74 Å². The number of methoxy groups -OCH3 is 1. The van der Waals surface area contributed by atoms with Crippen molar-refractivity contribution < 1.29 is 19.4 Å². The van der Waals surface area contributed by atoms with Crippen molar-refractivity contribution in [2.75, 3.05) is 7.11 Å². The third-order valence-electron chi connectivity index (χ3n) is 4.63. The number of carboxylic acid groups (broad SMARTS) is 1. The quantitative estimate of drug-likeness (QED) is 0.752. The van der Waals surface area contributed by atoms with Gasteiger partial charge in [0.2, 0.25) is 5.91 Å². The van der Waals surface area contributed by atoms with Gasteiger partial charge in [-0.15, -0.1) is 0 Å². The summed E-state index contributed by atoms with van der Waals surface area (Å²) in [4.78, 5) is 23.5. The molecule has 0 fully saturated rings. The molecule has 3 rings (SSSR count). The molecule has 2 aromatic carbocycles. The molecule has 0 aromatic heterocycles. The summed E-state index contributed by atoms with van der Waals surface area (Å²) in [6.45, 7) is 0. The van der Waals surface area contributed by atoms with E-state index in [1.54, 1.807) is 13.2 Å². The summed E-state index contributed by atoms with van der Waals surface area (Å²) >= 11 is 6.37. The van der Waals surface area contributed by atoms with E-state index >= 15 is 0 Å². The molecule has 1 heterocycles. The van der Waals surface area contributed by atoms with Crippen molar-refractivity contribution in [2.45, 2.75) is 31.7 Å². The lowest BCUT2D eigenvalue weighted by atomic mass is 9.98. The number of carbonyl (C=O) groups is 2. The Morgan fingerprint density at radius 2 is 1.89 bits per heavy atom. The van der Waals surface area contributed by atoms with E-state index in [4.69, 9.17) is 21.4 Å². The molecule has 0 saturated heterocycles. The Kier molecular flexibility index (Phi) is 6.31. The van der Waals surface area contributed by atoms with Gasteiger partial charge in [0.25, 0.3) is 0 Å². The molecule has 0 spiro atoms. The Hall–Kier alpha value is -2.86. The largest absolute Gasteiger partial charge is 0.497 e. The first-order valence-corrected chi connectivity index (χ1v) is 9.37. The van der Waals surface area contributed by atoms with Gasteiger partial charge in [0.1, 0.15) is 5.75 Å². The zero-order valence-electron chi connectivity index (χ0n) is 15.5. The maximum atomic E-state index is 12.8. The van der Waals surface area contributed by atoms with Crippen molar-refractivity contribution in [2.24, 2.45) is 5.10 Å². The van der Waals surface area contributed by atoms with Gasteiger partial charge in [0.15, 0.2) is 0 Å². The molecule has 28 heavy (non-hydrogen) atoms. The van der Waals surface area contributed by atoms with Crippen molar-refractivity contribution >= 4 is 29.2 Å². The van der Waals surface area contributed by atoms with Crippen molar-refractivity contribution in [1.82, 2.24) is 5.01 Å². The van der Waals surface area contributed by atoms with E-state index < -0.39 is 5.97 Å². The number of ether oxygens (including phenoxy) is 1. The first kappa shape index (κ1) is 19.9. The lowest BCUT2D eigenvalue weighted by molar-refractivity contribution is -0.137. The molecular weight excluding hydrogens is 380 g/mol. The number of halogens is 1. The van der Waals surface area contributed by atoms with E-state index in [1.807, 2.05) is 42.5 Å². The van der Waals surface area contributed by atoms with Gasteiger partial charge in [-0.3, -0.25) is 9.59 Å². The van der Waals surface area contributed by atoms with Gasteiger partial charge < -0.3 is 9.84 Å². The normalized spacial score (nSPS) is 16.0. The third kappa shape index (κ3) is 4.51. The Bertz CT molecular complexity index is 896. The van der Waals surface area contributed by atoms with Gasteiger partial charge in [-0.25, -0.2) is 5.01 Å². The molecule has 0 unspecified atom stereocenters. The average Bonchev–Trinajstić information content (AvgIpc) is 3.13. The Balaban J connectivity index is 1.87. The fraction of sp³-hybridized carbons (Fsp3) is 0.286. The fourth-order valence-corrected chi connectivity index (χ4v) is 3.45. The summed E-state index contributed by atoms with van der Waals surface area (Å²) in [6, 6.07) is 14.6. The summed E-state index contributed by atoms with van der Waals surface area (Å²) in [7, 11) is 1.60. The number of amides is 1. The van der Waals surface area contributed by atoms with Crippen LogP contribution in [0.2, 0.25) is 5.02 Å². The number of aliphatic carboxylic acids is 1. The Labute approximate surface area is 168 Å². The van der Waals surface area contributed by atoms with E-state index in [0.717, 1.165) is 22.6 Å². The number of rotatable bonds is 7. The first-order valence-electron chi connectivity index (χ1n) is 8.99. The van der Waals surface area contributed by atoms with Crippen molar-refractivity contribution in [3.05, 3.63) is 64.7 Å². The van der Waals surface area contributed by atoms with E-state index in [9.17, 15) is 9.59 Å². The minimum Gasteiger partial charge on any atom is -0.497 e. The average molecular weight is 401 g/mol. The topological polar surface area (TPSA) is 79.2 Å². The predicted molar refractivity (Wildman–Crippen MR) is 107 cm³/mol. The molecule has 0 radical (unpaired) electrons. The fourth-order valence-electron chi connectivity index (χ4n) is 3.19. The van der Waals surface area contributed by atoms with E-state index in [0.29, 0.717) is 11.4 Å². The molecule has 1 N–H and O–H groups in total. The van der Waals surface area contributed by atoms with Crippen LogP contribution in [0.15, 0.2) is 53.6 Å². The molecule has 2 aromatic rings. The van der Waals surface area contributed by atoms with Gasteiger partial charge >= 0.3 is 5.97 Å². The third-order valence-corrected chi connectivity index (χ3v) is 4.98. The molecule has 1 aliphatic heterocycles. The SMILES string of the molecule is COc1ccc(C2=NN(C(=O)CCCC(=O)O)[C@H](c3ccccc3Cl)C2)cc1. The maximum Gasteiger partial charge on any atom is 0.303 e. The number of carbonyl (C=O) groups excluding carboxylic acids is 1. The van der Waals surface area contributed by atoms with Crippen LogP contribution in [-0.2, 0) is 9.59 Å². The van der Waals surface area contributed by atoms with E-state index in [2.05, 4.69) is 5.10 Å². The number of hydrogen-bond donors (Lipinski definition) is 1. The zero-order valence-corrected chi connectivity index (χ0v) is 16.2. The van der Waals surface area contributed by atoms with Gasteiger partial charge in [0.05, 0.1) is 18.9 Å². The van der Waals surface area contributed by atoms with Crippen molar-refractivity contribution in [1.29, 1.82) is 0 Å². The van der Waals surface area contributed by atoms with Crippen LogP contribution in [0, 0.1) is 0 Å². The summed E-state index contributed by atoms with van der Waals surface area (Å²) in [5.74, 6) is -0.388. The van der Waals surface area contributed by atoms with Gasteiger partial charge in [-0.05, 0) is 47.9 Å². The molecule has 0 aliphatic carbocycles. The van der Waals surface area contributed by atoms with Crippen LogP contribution in [0.4, 0.5) is 0 Å². The van der Waals surface area contributed by atoms with E-state index in [1.165, 1.54) is 5.01 Å². The molecule has 6 nitrogen and oxygen atoms in total. The molecule has 7 heteroatoms. The van der Waals surface area contributed by atoms with Crippen LogP contribution in [-0.4, -0.2) is 34.8 Å². The Morgan fingerprint density at radius 1 is 1.18 bits per heavy atom. The summed E-state index contributed by atoms with van der Waals surface area (Å²) < 4.78 is 5.19. The summed E-state index contributed by atoms with van der Waals surface area (Å²) in [5.41, 5.74) is 2.50. The van der Waals surface area contributed by atoms with Gasteiger partial charge in [-0.1, -0.05) is 29.8 Å². The lowest BCUT2D eigenvalue weighted by Crippen LogP contribution is -2.27. The summed E-state index contributed by atoms with van der Waals surface area (Å²) in [5, 5.41) is 15.4. The molecule has 0 saturated carbocycles. The molecule has 0 bridgehead atoms. The second-order valence-electron chi connectivity index (χ2n) is 6.50. The number of hydrogen-bond acceptors (Lipinski definition) is 4. The highest BCUT2D eigenvalue weighted by atomic mass is 35.5. The highest BCUT2D eigenvalue weighted by Gasteiger charge is 2.33. The highest BCUT2D eigenvalue weighted by molar-refractivity contribution is 6.31. The van der Waals surface area contributed by atoms with Crippen LogP contribution in [0.25, 0.3) is 0 Å². The minimum absolute atomic E-state index is 0.0502. The lowest BCUT2D eigenvalue weighted by Gasteiger charge is -2.22. The van der Waals surface area contributed by atoms with E-state index in [-0.39, 0.29) is 31.2 Å². The maximum absolute atomic E-state index is 12.8. The number of hydrazone groups is 1. The molecule has 146 valence electrons. The summed E-state index contributed by atoms with van der Waals surface area (Å²) in [6.07, 6.45) is 0.867. The molecular formula is C21H21ClN2O4. The molecule has 1 atom stereocenters. The number of nitrogens with zero attached hydrogens (tertiary/aromatic N) is 2. The molecule has 1 aliphatic rings. The predicted octanol–water partition coefficient (Wildman–Crippen LogP) is 4.28. The van der Waals surface area contributed by atoms with Gasteiger partial charge in [-0.2, -0.15) is 5.10 Å². The van der Waals surface area contributed by atoms with Crippen molar-refractivity contribution in [3.63, 3.8) is 0 Å². The monoisotopic (exact) mass is 400 g/mol. The van der Waals surface area contributed by atoms with Crippen LogP contribution in [0.5, 0.6) is 5.75 Å². The van der Waals surface area contributed by atoms with Gasteiger partial charge in [0, 0.05) is 24.3 Å². The number of benzene rings is 2. The standard InChI is InChI=1S/C21H21ClN2O4/c1-28-15-11-9-14(10-12-15)18-13-19(16-5-2-3-6-17(16)22)24(23-18)20(25)7-4-8-21(26)27/h2-3,5-6,9-12,19H,4,7-8,13H2,1H3,(H,26,27)/t19-/m0/s1. The van der Waals surface area contributed by atoms with Crippen LogP contribution >= 0.6 is 11.6 Å².